The molecule has 14 heavy (non-hydrogen) atoms. The van der Waals surface area contributed by atoms with Crippen molar-refractivity contribution in [1.29, 1.82) is 0 Å². The fraction of sp³-hybridized carbons (Fsp3) is 0.250. The van der Waals surface area contributed by atoms with E-state index in [9.17, 15) is 0 Å². The van der Waals surface area contributed by atoms with Crippen LogP contribution >= 0.6 is 0 Å². The van der Waals surface area contributed by atoms with E-state index in [4.69, 9.17) is 0 Å². The van der Waals surface area contributed by atoms with Gasteiger partial charge in [0.25, 0.3) is 0 Å². The molecular weight excluding hydrogens is 172 g/mol. The van der Waals surface area contributed by atoms with Crippen molar-refractivity contribution in [2.75, 3.05) is 5.32 Å². The summed E-state index contributed by atoms with van der Waals surface area (Å²) in [5.74, 6) is 0.542. The monoisotopic (exact) mass is 186 g/mol. The van der Waals surface area contributed by atoms with Gasteiger partial charge >= 0.3 is 0 Å². The minimum absolute atomic E-state index is 0.542. The second-order valence-electron chi connectivity index (χ2n) is 3.84. The average Bonchev–Trinajstić information content (AvgIpc) is 2.16. The Morgan fingerprint density at radius 3 is 2.86 bits per heavy atom. The van der Waals surface area contributed by atoms with Crippen molar-refractivity contribution in [2.24, 2.45) is 4.99 Å². The van der Waals surface area contributed by atoms with Crippen LogP contribution in [0, 0.1) is 0 Å². The molecule has 0 atom stereocenters. The first-order valence-corrected chi connectivity index (χ1v) is 4.81. The van der Waals surface area contributed by atoms with Gasteiger partial charge < -0.3 is 5.32 Å². The molecule has 1 aromatic carbocycles. The fourth-order valence-electron chi connectivity index (χ4n) is 1.47. The third-order valence-electron chi connectivity index (χ3n) is 2.34. The summed E-state index contributed by atoms with van der Waals surface area (Å²) in [5, 5.41) is 3.18. The van der Waals surface area contributed by atoms with Gasteiger partial charge in [-0.05, 0) is 23.6 Å². The van der Waals surface area contributed by atoms with Gasteiger partial charge in [-0.2, -0.15) is 0 Å². The number of aliphatic imine (C=N–C) groups is 1. The second-order valence-corrected chi connectivity index (χ2v) is 3.84. The third-order valence-corrected chi connectivity index (χ3v) is 2.34. The molecule has 0 unspecified atom stereocenters. The lowest BCUT2D eigenvalue weighted by Crippen LogP contribution is -2.03. The summed E-state index contributed by atoms with van der Waals surface area (Å²) in [5.41, 5.74) is 4.20. The molecule has 72 valence electrons. The van der Waals surface area contributed by atoms with E-state index in [1.165, 1.54) is 5.56 Å². The van der Waals surface area contributed by atoms with Crippen LogP contribution in [-0.4, -0.2) is 6.21 Å². The van der Waals surface area contributed by atoms with Crippen molar-refractivity contribution in [3.8, 4) is 0 Å². The highest BCUT2D eigenvalue weighted by atomic mass is 15.0. The van der Waals surface area contributed by atoms with Crippen LogP contribution in [-0.2, 0) is 0 Å². The van der Waals surface area contributed by atoms with Crippen molar-refractivity contribution in [3.63, 3.8) is 0 Å². The molecule has 0 spiro atoms. The van der Waals surface area contributed by atoms with E-state index in [-0.39, 0.29) is 0 Å². The van der Waals surface area contributed by atoms with Gasteiger partial charge in [0.1, 0.15) is 0 Å². The van der Waals surface area contributed by atoms with E-state index >= 15 is 0 Å². The Morgan fingerprint density at radius 2 is 2.14 bits per heavy atom. The molecule has 2 rings (SSSR count). The Balaban J connectivity index is 2.44. The Morgan fingerprint density at radius 1 is 1.36 bits per heavy atom. The molecule has 2 heteroatoms. The first kappa shape index (κ1) is 9.00. The molecule has 0 bridgehead atoms. The number of allylic oxidation sites excluding steroid dienone is 1. The summed E-state index contributed by atoms with van der Waals surface area (Å²) in [6.07, 6.45) is 1.76. The van der Waals surface area contributed by atoms with Crippen LogP contribution in [0.4, 0.5) is 11.4 Å². The molecule has 0 saturated carbocycles. The van der Waals surface area contributed by atoms with Gasteiger partial charge in [0, 0.05) is 5.70 Å². The minimum Gasteiger partial charge on any atom is -0.353 e. The number of anilines is 1. The number of nitrogens with one attached hydrogen (secondary N) is 1. The molecular formula is C12H14N2. The van der Waals surface area contributed by atoms with Crippen molar-refractivity contribution in [3.05, 3.63) is 36.0 Å². The van der Waals surface area contributed by atoms with Crippen molar-refractivity contribution < 1.29 is 0 Å². The first-order valence-electron chi connectivity index (χ1n) is 4.81. The zero-order valence-corrected chi connectivity index (χ0v) is 8.54. The summed E-state index contributed by atoms with van der Waals surface area (Å²) in [6.45, 7) is 8.17. The van der Waals surface area contributed by atoms with Gasteiger partial charge in [-0.1, -0.05) is 26.5 Å². The Kier molecular flexibility index (Phi) is 2.12. The van der Waals surface area contributed by atoms with Crippen LogP contribution in [0.15, 0.2) is 35.5 Å². The lowest BCUT2D eigenvalue weighted by Gasteiger charge is -2.15. The predicted octanol–water partition coefficient (Wildman–Crippen LogP) is 3.45. The number of hydrogen-bond acceptors (Lipinski definition) is 2. The summed E-state index contributed by atoms with van der Waals surface area (Å²) >= 11 is 0. The molecule has 1 aliphatic rings. The molecule has 0 amide bonds. The van der Waals surface area contributed by atoms with Crippen molar-refractivity contribution >= 4 is 17.6 Å². The third kappa shape index (κ3) is 1.55. The fourth-order valence-corrected chi connectivity index (χ4v) is 1.47. The maximum Gasteiger partial charge on any atom is 0.0868 e. The molecule has 1 heterocycles. The van der Waals surface area contributed by atoms with Gasteiger partial charge in [-0.25, -0.2) is 0 Å². The standard InChI is InChI=1S/C12H14N2/c1-8(2)10-4-5-11-12(6-10)13-7-9(3)14-11/h4-8,14H,3H2,1-2H3. The molecule has 1 aromatic rings. The van der Waals surface area contributed by atoms with E-state index < -0.39 is 0 Å². The Hall–Kier alpha value is -1.57. The van der Waals surface area contributed by atoms with E-state index in [0.29, 0.717) is 5.92 Å². The van der Waals surface area contributed by atoms with Crippen LogP contribution in [0.3, 0.4) is 0 Å². The van der Waals surface area contributed by atoms with Gasteiger partial charge in [-0.15, -0.1) is 0 Å². The van der Waals surface area contributed by atoms with Crippen LogP contribution in [0.5, 0.6) is 0 Å². The zero-order chi connectivity index (χ0) is 10.1. The molecule has 0 aliphatic carbocycles. The molecule has 1 aliphatic heterocycles. The molecule has 2 nitrogen and oxygen atoms in total. The molecule has 0 fully saturated rings. The van der Waals surface area contributed by atoms with E-state index in [2.05, 4.69) is 48.9 Å². The van der Waals surface area contributed by atoms with E-state index in [1.54, 1.807) is 6.21 Å². The van der Waals surface area contributed by atoms with E-state index in [1.807, 2.05) is 0 Å². The lowest BCUT2D eigenvalue weighted by atomic mass is 10.0. The smallest absolute Gasteiger partial charge is 0.0868 e. The minimum atomic E-state index is 0.542. The van der Waals surface area contributed by atoms with Crippen LogP contribution in [0.1, 0.15) is 25.3 Å². The Bertz CT molecular complexity index is 403. The highest BCUT2D eigenvalue weighted by Gasteiger charge is 2.08. The summed E-state index contributed by atoms with van der Waals surface area (Å²) in [6, 6.07) is 6.31. The quantitative estimate of drug-likeness (QED) is 0.713. The Labute approximate surface area is 84.4 Å². The van der Waals surface area contributed by atoms with Gasteiger partial charge in [0.15, 0.2) is 0 Å². The predicted molar refractivity (Wildman–Crippen MR) is 61.4 cm³/mol. The molecule has 1 N–H and O–H groups in total. The number of benzene rings is 1. The number of rotatable bonds is 1. The maximum absolute atomic E-state index is 4.33. The topological polar surface area (TPSA) is 24.4 Å². The second kappa shape index (κ2) is 3.29. The summed E-state index contributed by atoms with van der Waals surface area (Å²) < 4.78 is 0. The largest absolute Gasteiger partial charge is 0.353 e. The number of hydrogen-bond donors (Lipinski definition) is 1. The molecule has 0 aromatic heterocycles. The highest BCUT2D eigenvalue weighted by molar-refractivity contribution is 5.91. The zero-order valence-electron chi connectivity index (χ0n) is 8.54. The van der Waals surface area contributed by atoms with Gasteiger partial charge in [0.05, 0.1) is 17.6 Å². The van der Waals surface area contributed by atoms with E-state index in [0.717, 1.165) is 17.1 Å². The van der Waals surface area contributed by atoms with Gasteiger partial charge in [-0.3, -0.25) is 4.99 Å². The summed E-state index contributed by atoms with van der Waals surface area (Å²) in [4.78, 5) is 4.33. The maximum atomic E-state index is 4.33. The number of nitrogens with zero attached hydrogens (tertiary/aromatic N) is 1. The number of fused-ring (bicyclic) bond motifs is 1. The highest BCUT2D eigenvalue weighted by Crippen LogP contribution is 2.31. The van der Waals surface area contributed by atoms with Crippen LogP contribution in [0.25, 0.3) is 0 Å². The van der Waals surface area contributed by atoms with Crippen molar-refractivity contribution in [2.45, 2.75) is 19.8 Å². The van der Waals surface area contributed by atoms with Gasteiger partial charge in [0.2, 0.25) is 0 Å². The molecule has 0 saturated heterocycles. The summed E-state index contributed by atoms with van der Waals surface area (Å²) in [7, 11) is 0. The SMILES string of the molecule is C=C1C=Nc2cc(C(C)C)ccc2N1. The van der Waals surface area contributed by atoms with Crippen LogP contribution in [0.2, 0.25) is 0 Å². The average molecular weight is 186 g/mol. The van der Waals surface area contributed by atoms with Crippen molar-refractivity contribution in [1.82, 2.24) is 0 Å². The first-order chi connectivity index (χ1) is 6.66. The lowest BCUT2D eigenvalue weighted by molar-refractivity contribution is 0.867. The normalized spacial score (nSPS) is 14.1. The molecule has 0 radical (unpaired) electrons. The van der Waals surface area contributed by atoms with Crippen LogP contribution < -0.4 is 5.32 Å².